The van der Waals surface area contributed by atoms with Gasteiger partial charge in [0, 0.05) is 12.8 Å². The summed E-state index contributed by atoms with van der Waals surface area (Å²) in [6, 6.07) is -0.101. The maximum atomic E-state index is 11.8. The second-order valence-electron chi connectivity index (χ2n) is 4.63. The molecule has 1 saturated heterocycles. The van der Waals surface area contributed by atoms with Crippen molar-refractivity contribution in [2.24, 2.45) is 0 Å². The minimum Gasteiger partial charge on any atom is -0.355 e. The number of carbonyl (C=O) groups excluding carboxylic acids is 1. The Morgan fingerprint density at radius 2 is 2.12 bits per heavy atom. The fourth-order valence-electron chi connectivity index (χ4n) is 1.92. The molecular formula is C11H22N2O3S. The van der Waals surface area contributed by atoms with Gasteiger partial charge in [0.1, 0.15) is 9.84 Å². The van der Waals surface area contributed by atoms with E-state index in [2.05, 4.69) is 10.6 Å². The molecule has 1 atom stereocenters. The Hall–Kier alpha value is -0.620. The van der Waals surface area contributed by atoms with Crippen LogP contribution in [0.5, 0.6) is 0 Å². The zero-order chi connectivity index (χ0) is 12.7. The molecule has 2 N–H and O–H groups in total. The van der Waals surface area contributed by atoms with E-state index < -0.39 is 9.84 Å². The number of hydrogen-bond acceptors (Lipinski definition) is 4. The lowest BCUT2D eigenvalue weighted by Gasteiger charge is -2.15. The maximum Gasteiger partial charge on any atom is 0.237 e. The number of nitrogens with one attached hydrogen (secondary N) is 2. The Bertz CT molecular complexity index is 333. The van der Waals surface area contributed by atoms with Gasteiger partial charge in [0.05, 0.1) is 11.8 Å². The van der Waals surface area contributed by atoms with Crippen molar-refractivity contribution in [2.45, 2.75) is 38.1 Å². The van der Waals surface area contributed by atoms with Gasteiger partial charge >= 0.3 is 0 Å². The van der Waals surface area contributed by atoms with Crippen molar-refractivity contribution in [2.75, 3.05) is 25.1 Å². The van der Waals surface area contributed by atoms with Crippen molar-refractivity contribution >= 4 is 15.7 Å². The summed E-state index contributed by atoms with van der Waals surface area (Å²) < 4.78 is 21.8. The lowest BCUT2D eigenvalue weighted by Crippen LogP contribution is -2.44. The highest BCUT2D eigenvalue weighted by molar-refractivity contribution is 7.90. The molecule has 17 heavy (non-hydrogen) atoms. The first kappa shape index (κ1) is 14.4. The minimum absolute atomic E-state index is 0.000371. The average Bonchev–Trinajstić information content (AvgIpc) is 2.51. The van der Waals surface area contributed by atoms with Crippen LogP contribution in [0.15, 0.2) is 0 Å². The Labute approximate surface area is 103 Å². The summed E-state index contributed by atoms with van der Waals surface area (Å²) in [7, 11) is -2.92. The SMILES string of the molecule is CS(=O)(=O)CCCNC(=O)C1CCCCCN1. The summed E-state index contributed by atoms with van der Waals surface area (Å²) in [5, 5.41) is 6.00. The monoisotopic (exact) mass is 262 g/mol. The molecule has 1 unspecified atom stereocenters. The Kier molecular flexibility index (Phi) is 5.91. The number of rotatable bonds is 5. The van der Waals surface area contributed by atoms with Crippen LogP contribution in [0.2, 0.25) is 0 Å². The maximum absolute atomic E-state index is 11.8. The third-order valence-electron chi connectivity index (χ3n) is 2.87. The average molecular weight is 262 g/mol. The molecule has 0 aromatic carbocycles. The van der Waals surface area contributed by atoms with Crippen molar-refractivity contribution in [1.82, 2.24) is 10.6 Å². The van der Waals surface area contributed by atoms with Gasteiger partial charge in [-0.2, -0.15) is 0 Å². The fraction of sp³-hybridized carbons (Fsp3) is 0.909. The molecule has 1 aliphatic rings. The van der Waals surface area contributed by atoms with E-state index in [0.717, 1.165) is 25.8 Å². The lowest BCUT2D eigenvalue weighted by atomic mass is 10.1. The lowest BCUT2D eigenvalue weighted by molar-refractivity contribution is -0.123. The van der Waals surface area contributed by atoms with Crippen LogP contribution in [0.25, 0.3) is 0 Å². The van der Waals surface area contributed by atoms with Gasteiger partial charge in [-0.25, -0.2) is 8.42 Å². The minimum atomic E-state index is -2.92. The van der Waals surface area contributed by atoms with Crippen molar-refractivity contribution in [3.05, 3.63) is 0 Å². The third kappa shape index (κ3) is 6.63. The normalized spacial score (nSPS) is 21.8. The van der Waals surface area contributed by atoms with E-state index in [1.807, 2.05) is 0 Å². The summed E-state index contributed by atoms with van der Waals surface area (Å²) in [5.74, 6) is 0.131. The Morgan fingerprint density at radius 3 is 2.82 bits per heavy atom. The van der Waals surface area contributed by atoms with Crippen LogP contribution in [0.1, 0.15) is 32.1 Å². The molecular weight excluding hydrogens is 240 g/mol. The Morgan fingerprint density at radius 1 is 1.35 bits per heavy atom. The largest absolute Gasteiger partial charge is 0.355 e. The number of amides is 1. The van der Waals surface area contributed by atoms with Gasteiger partial charge in [-0.05, 0) is 25.8 Å². The van der Waals surface area contributed by atoms with Crippen molar-refractivity contribution in [3.8, 4) is 0 Å². The molecule has 1 heterocycles. The van der Waals surface area contributed by atoms with E-state index in [0.29, 0.717) is 13.0 Å². The summed E-state index contributed by atoms with van der Waals surface area (Å²) in [6.07, 6.45) is 5.94. The van der Waals surface area contributed by atoms with Gasteiger partial charge in [-0.15, -0.1) is 0 Å². The van der Waals surface area contributed by atoms with Crippen LogP contribution >= 0.6 is 0 Å². The summed E-state index contributed by atoms with van der Waals surface area (Å²) in [6.45, 7) is 1.32. The molecule has 1 amide bonds. The molecule has 1 fully saturated rings. The van der Waals surface area contributed by atoms with Crippen LogP contribution in [0.4, 0.5) is 0 Å². The standard InChI is InChI=1S/C11H22N2O3S/c1-17(15,16)9-5-8-13-11(14)10-6-3-2-4-7-12-10/h10,12H,2-9H2,1H3,(H,13,14). The van der Waals surface area contributed by atoms with Gasteiger partial charge < -0.3 is 10.6 Å². The first-order chi connectivity index (χ1) is 7.99. The molecule has 100 valence electrons. The van der Waals surface area contributed by atoms with E-state index >= 15 is 0 Å². The molecule has 0 spiro atoms. The van der Waals surface area contributed by atoms with Gasteiger partial charge in [-0.1, -0.05) is 12.8 Å². The highest BCUT2D eigenvalue weighted by Gasteiger charge is 2.18. The first-order valence-corrected chi connectivity index (χ1v) is 8.24. The van der Waals surface area contributed by atoms with E-state index in [-0.39, 0.29) is 17.7 Å². The number of hydrogen-bond donors (Lipinski definition) is 2. The van der Waals surface area contributed by atoms with E-state index in [4.69, 9.17) is 0 Å². The zero-order valence-electron chi connectivity index (χ0n) is 10.4. The second kappa shape index (κ2) is 6.96. The highest BCUT2D eigenvalue weighted by atomic mass is 32.2. The van der Waals surface area contributed by atoms with E-state index in [1.165, 1.54) is 12.7 Å². The molecule has 5 nitrogen and oxygen atoms in total. The smallest absolute Gasteiger partial charge is 0.237 e. The molecule has 0 bridgehead atoms. The molecule has 1 rings (SSSR count). The van der Waals surface area contributed by atoms with Crippen molar-refractivity contribution < 1.29 is 13.2 Å². The van der Waals surface area contributed by atoms with Crippen molar-refractivity contribution in [3.63, 3.8) is 0 Å². The van der Waals surface area contributed by atoms with Crippen molar-refractivity contribution in [1.29, 1.82) is 0 Å². The van der Waals surface area contributed by atoms with E-state index in [9.17, 15) is 13.2 Å². The van der Waals surface area contributed by atoms with Crippen LogP contribution in [-0.4, -0.2) is 45.5 Å². The summed E-state index contributed by atoms with van der Waals surface area (Å²) >= 11 is 0. The molecule has 0 aliphatic carbocycles. The predicted molar refractivity (Wildman–Crippen MR) is 67.6 cm³/mol. The molecule has 0 aromatic rings. The number of sulfone groups is 1. The topological polar surface area (TPSA) is 75.3 Å². The molecule has 0 radical (unpaired) electrons. The molecule has 0 saturated carbocycles. The first-order valence-electron chi connectivity index (χ1n) is 6.18. The Balaban J connectivity index is 2.19. The summed E-state index contributed by atoms with van der Waals surface area (Å²) in [5.41, 5.74) is 0. The third-order valence-corrected chi connectivity index (χ3v) is 3.90. The van der Waals surface area contributed by atoms with Crippen LogP contribution < -0.4 is 10.6 Å². The molecule has 1 aliphatic heterocycles. The van der Waals surface area contributed by atoms with Gasteiger partial charge in [0.25, 0.3) is 0 Å². The highest BCUT2D eigenvalue weighted by Crippen LogP contribution is 2.08. The fourth-order valence-corrected chi connectivity index (χ4v) is 2.59. The van der Waals surface area contributed by atoms with Gasteiger partial charge in [0.15, 0.2) is 0 Å². The zero-order valence-corrected chi connectivity index (χ0v) is 11.2. The second-order valence-corrected chi connectivity index (χ2v) is 6.89. The quantitative estimate of drug-likeness (QED) is 0.688. The molecule has 6 heteroatoms. The predicted octanol–water partition coefficient (Wildman–Crippen LogP) is 0.0695. The van der Waals surface area contributed by atoms with Crippen LogP contribution in [-0.2, 0) is 14.6 Å². The summed E-state index contributed by atoms with van der Waals surface area (Å²) in [4.78, 5) is 11.8. The van der Waals surface area contributed by atoms with E-state index in [1.54, 1.807) is 0 Å². The van der Waals surface area contributed by atoms with Crippen LogP contribution in [0, 0.1) is 0 Å². The van der Waals surface area contributed by atoms with Gasteiger partial charge in [0.2, 0.25) is 5.91 Å². The van der Waals surface area contributed by atoms with Gasteiger partial charge in [-0.3, -0.25) is 4.79 Å². The molecule has 0 aromatic heterocycles. The number of carbonyl (C=O) groups is 1. The van der Waals surface area contributed by atoms with Crippen LogP contribution in [0.3, 0.4) is 0 Å².